The molecule has 0 bridgehead atoms. The van der Waals surface area contributed by atoms with Gasteiger partial charge in [-0.3, -0.25) is 4.79 Å². The molecule has 0 aromatic rings. The molecule has 0 aromatic carbocycles. The number of thioether (sulfide) groups is 1. The Bertz CT molecular complexity index is 176. The lowest BCUT2D eigenvalue weighted by Gasteiger charge is -2.21. The van der Waals surface area contributed by atoms with Crippen molar-refractivity contribution in [3.05, 3.63) is 0 Å². The van der Waals surface area contributed by atoms with Crippen LogP contribution in [0.25, 0.3) is 0 Å². The maximum atomic E-state index is 11.6. The maximum Gasteiger partial charge on any atom is 0.208 e. The largest absolute Gasteiger partial charge is 0.304 e. The van der Waals surface area contributed by atoms with E-state index in [1.54, 1.807) is 0 Å². The highest BCUT2D eigenvalue weighted by Crippen LogP contribution is 2.25. The van der Waals surface area contributed by atoms with Crippen LogP contribution in [0.2, 0.25) is 0 Å². The number of rotatable bonds is 3. The molecule has 0 amide bonds. The maximum absolute atomic E-state index is 11.6. The Morgan fingerprint density at radius 3 is 2.40 bits per heavy atom. The van der Waals surface area contributed by atoms with Crippen molar-refractivity contribution in [2.45, 2.75) is 58.9 Å². The molecule has 15 heavy (non-hydrogen) atoms. The van der Waals surface area contributed by atoms with Crippen molar-refractivity contribution in [2.75, 3.05) is 12.3 Å². The van der Waals surface area contributed by atoms with E-state index < -0.39 is 0 Å². The van der Waals surface area contributed by atoms with E-state index >= 15 is 0 Å². The van der Waals surface area contributed by atoms with Gasteiger partial charge in [0.05, 0.1) is 5.54 Å². The van der Waals surface area contributed by atoms with Crippen LogP contribution >= 0.6 is 11.8 Å². The molecule has 1 fully saturated rings. The van der Waals surface area contributed by atoms with E-state index in [4.69, 9.17) is 0 Å². The zero-order chi connectivity index (χ0) is 11.7. The van der Waals surface area contributed by atoms with E-state index in [0.717, 1.165) is 31.6 Å². The zero-order valence-electron chi connectivity index (χ0n) is 10.6. The molecule has 1 rings (SSSR count). The lowest BCUT2D eigenvalue weighted by Crippen LogP contribution is -2.43. The highest BCUT2D eigenvalue weighted by atomic mass is 32.2. The molecule has 0 radical (unpaired) electrons. The number of nitrogens with one attached hydrogen (secondary N) is 1. The van der Waals surface area contributed by atoms with Crippen LogP contribution in [0.3, 0.4) is 0 Å². The van der Waals surface area contributed by atoms with Gasteiger partial charge in [-0.25, -0.2) is 0 Å². The predicted molar refractivity (Wildman–Crippen MR) is 69.4 cm³/mol. The van der Waals surface area contributed by atoms with Crippen LogP contribution in [0.1, 0.15) is 53.4 Å². The van der Waals surface area contributed by atoms with E-state index in [-0.39, 0.29) is 5.54 Å². The van der Waals surface area contributed by atoms with Gasteiger partial charge in [-0.15, -0.1) is 0 Å². The van der Waals surface area contributed by atoms with Crippen LogP contribution in [-0.2, 0) is 4.79 Å². The molecular formula is C12H25NOS. The molecule has 1 aliphatic rings. The van der Waals surface area contributed by atoms with Gasteiger partial charge in [0.15, 0.2) is 0 Å². The van der Waals surface area contributed by atoms with Gasteiger partial charge in [-0.2, -0.15) is 0 Å². The Hall–Kier alpha value is -0.0200. The van der Waals surface area contributed by atoms with Gasteiger partial charge >= 0.3 is 0 Å². The van der Waals surface area contributed by atoms with E-state index in [9.17, 15) is 4.79 Å². The fraction of sp³-hybridized carbons (Fsp3) is 0.917. The molecular weight excluding hydrogens is 206 g/mol. The van der Waals surface area contributed by atoms with Crippen LogP contribution < -0.4 is 5.32 Å². The average Bonchev–Trinajstić information content (AvgIpc) is 2.64. The first-order chi connectivity index (χ1) is 7.10. The Kier molecular flexibility index (Phi) is 8.16. The Balaban J connectivity index is 0.000000583. The topological polar surface area (TPSA) is 29.1 Å². The molecule has 0 aliphatic carbocycles. The third-order valence-corrected chi connectivity index (χ3v) is 3.58. The predicted octanol–water partition coefficient (Wildman–Crippen LogP) is 3.21. The summed E-state index contributed by atoms with van der Waals surface area (Å²) in [4.78, 5) is 11.6. The van der Waals surface area contributed by atoms with Crippen LogP contribution in [0.15, 0.2) is 0 Å². The lowest BCUT2D eigenvalue weighted by molar-refractivity contribution is -0.115. The van der Waals surface area contributed by atoms with E-state index in [1.165, 1.54) is 18.2 Å². The van der Waals surface area contributed by atoms with Crippen molar-refractivity contribution in [1.29, 1.82) is 0 Å². The summed E-state index contributed by atoms with van der Waals surface area (Å²) in [7, 11) is 0. The van der Waals surface area contributed by atoms with Gasteiger partial charge in [-0.1, -0.05) is 39.0 Å². The van der Waals surface area contributed by atoms with Gasteiger partial charge in [0.1, 0.15) is 0 Å². The van der Waals surface area contributed by atoms with Gasteiger partial charge in [0.2, 0.25) is 5.12 Å². The summed E-state index contributed by atoms with van der Waals surface area (Å²) >= 11 is 1.47. The first kappa shape index (κ1) is 15.0. The molecule has 0 saturated carbocycles. The summed E-state index contributed by atoms with van der Waals surface area (Å²) < 4.78 is 0. The minimum absolute atomic E-state index is 0.222. The number of carbonyl (C=O) groups excluding carboxylic acids is 1. The fourth-order valence-corrected chi connectivity index (χ4v) is 2.31. The quantitative estimate of drug-likeness (QED) is 0.808. The molecule has 3 heteroatoms. The van der Waals surface area contributed by atoms with Crippen LogP contribution in [0.4, 0.5) is 0 Å². The van der Waals surface area contributed by atoms with Crippen molar-refractivity contribution in [2.24, 2.45) is 0 Å². The molecule has 0 aromatic heterocycles. The number of hydrogen-bond donors (Lipinski definition) is 1. The van der Waals surface area contributed by atoms with E-state index in [1.807, 2.05) is 6.92 Å². The molecule has 1 atom stereocenters. The summed E-state index contributed by atoms with van der Waals surface area (Å²) in [6.45, 7) is 9.37. The van der Waals surface area contributed by atoms with Gasteiger partial charge in [-0.05, 0) is 32.7 Å². The molecule has 1 unspecified atom stereocenters. The number of carbonyl (C=O) groups is 1. The molecule has 0 spiro atoms. The third kappa shape index (κ3) is 5.57. The van der Waals surface area contributed by atoms with Crippen molar-refractivity contribution < 1.29 is 4.79 Å². The summed E-state index contributed by atoms with van der Waals surface area (Å²) in [6.07, 6.45) is 4.46. The number of hydrogen-bond acceptors (Lipinski definition) is 3. The van der Waals surface area contributed by atoms with Gasteiger partial charge < -0.3 is 5.32 Å². The van der Waals surface area contributed by atoms with E-state index in [0.29, 0.717) is 5.12 Å². The lowest BCUT2D eigenvalue weighted by atomic mass is 10.0. The first-order valence-corrected chi connectivity index (χ1v) is 7.01. The Morgan fingerprint density at radius 1 is 1.40 bits per heavy atom. The second-order valence-electron chi connectivity index (χ2n) is 4.21. The summed E-state index contributed by atoms with van der Waals surface area (Å²) in [6, 6.07) is 0. The highest BCUT2D eigenvalue weighted by molar-refractivity contribution is 8.13. The van der Waals surface area contributed by atoms with E-state index in [2.05, 4.69) is 26.1 Å². The van der Waals surface area contributed by atoms with Crippen LogP contribution in [-0.4, -0.2) is 23.0 Å². The fourth-order valence-electron chi connectivity index (χ4n) is 1.42. The molecule has 1 aliphatic heterocycles. The summed E-state index contributed by atoms with van der Waals surface area (Å²) in [5, 5.41) is 3.59. The Labute approximate surface area is 98.6 Å². The van der Waals surface area contributed by atoms with Gasteiger partial charge in [0, 0.05) is 5.75 Å². The average molecular weight is 231 g/mol. The van der Waals surface area contributed by atoms with Crippen LogP contribution in [0.5, 0.6) is 0 Å². The summed E-state index contributed by atoms with van der Waals surface area (Å²) in [5.74, 6) is 0.954. The highest BCUT2D eigenvalue weighted by Gasteiger charge is 2.35. The third-order valence-electron chi connectivity index (χ3n) is 2.26. The minimum Gasteiger partial charge on any atom is -0.304 e. The molecule has 1 heterocycles. The first-order valence-electron chi connectivity index (χ1n) is 6.03. The van der Waals surface area contributed by atoms with Crippen LogP contribution in [0, 0.1) is 0 Å². The minimum atomic E-state index is -0.222. The zero-order valence-corrected chi connectivity index (χ0v) is 11.4. The normalized spacial score (nSPS) is 24.5. The molecule has 2 nitrogen and oxygen atoms in total. The molecule has 1 N–H and O–H groups in total. The van der Waals surface area contributed by atoms with Crippen molar-refractivity contribution >= 4 is 16.9 Å². The van der Waals surface area contributed by atoms with Gasteiger partial charge in [0.25, 0.3) is 0 Å². The monoisotopic (exact) mass is 231 g/mol. The van der Waals surface area contributed by atoms with Crippen molar-refractivity contribution in [1.82, 2.24) is 5.32 Å². The summed E-state index contributed by atoms with van der Waals surface area (Å²) in [5.41, 5.74) is -0.222. The second-order valence-corrected chi connectivity index (χ2v) is 5.27. The van der Waals surface area contributed by atoms with Crippen molar-refractivity contribution in [3.63, 3.8) is 0 Å². The smallest absolute Gasteiger partial charge is 0.208 e. The standard InChI is InChI=1S/C9H17NOS.C3H8/c1-3-7-12-8(11)9(2)5-4-6-10-9;1-3-2/h10H,3-7H2,1-2H3;3H2,1-2H3. The Morgan fingerprint density at radius 2 is 2.00 bits per heavy atom. The van der Waals surface area contributed by atoms with Crippen molar-refractivity contribution in [3.8, 4) is 0 Å². The molecule has 1 saturated heterocycles. The molecule has 90 valence electrons. The SMILES string of the molecule is CCC.CCCSC(=O)C1(C)CCCN1. The second kappa shape index (κ2) is 8.17.